The summed E-state index contributed by atoms with van der Waals surface area (Å²) in [6.45, 7) is 13.5. The summed E-state index contributed by atoms with van der Waals surface area (Å²) in [4.78, 5) is 0. The van der Waals surface area contributed by atoms with E-state index in [1.54, 1.807) is 7.11 Å². The molecule has 7 nitrogen and oxygen atoms in total. The van der Waals surface area contributed by atoms with Crippen molar-refractivity contribution < 1.29 is 49.7 Å². The van der Waals surface area contributed by atoms with Gasteiger partial charge in [-0.2, -0.15) is 0 Å². The van der Waals surface area contributed by atoms with Crippen LogP contribution in [-0.4, -0.2) is 21.3 Å². The van der Waals surface area contributed by atoms with Crippen molar-refractivity contribution in [2.75, 3.05) is 21.3 Å². The number of methoxy groups -OCH3 is 1. The number of ether oxygens (including phenoxy) is 1. The Morgan fingerprint density at radius 3 is 1.73 bits per heavy atom. The van der Waals surface area contributed by atoms with Gasteiger partial charge in [0.15, 0.2) is 0 Å². The summed E-state index contributed by atoms with van der Waals surface area (Å²) in [7, 11) is 1.30. The molecule has 0 aliphatic rings. The molecule has 0 aromatic heterocycles. The predicted molar refractivity (Wildman–Crippen MR) is 70.1 cm³/mol. The molecule has 0 bridgehead atoms. The second-order valence-corrected chi connectivity index (χ2v) is 5.21. The fourth-order valence-electron chi connectivity index (χ4n) is 1.25. The van der Waals surface area contributed by atoms with Crippen molar-refractivity contribution in [1.82, 2.24) is 0 Å². The van der Waals surface area contributed by atoms with E-state index < -0.39 is 7.60 Å². The summed E-state index contributed by atoms with van der Waals surface area (Å²) in [5, 5.41) is 0. The van der Waals surface area contributed by atoms with Gasteiger partial charge in [-0.1, -0.05) is 18.2 Å². The Morgan fingerprint density at radius 1 is 0.955 bits per heavy atom. The van der Waals surface area contributed by atoms with E-state index in [-0.39, 0.29) is 23.5 Å². The van der Waals surface area contributed by atoms with Crippen molar-refractivity contribution in [1.29, 1.82) is 0 Å². The number of rotatable bonds is 5. The topological polar surface area (TPSA) is 104 Å². The largest absolute Gasteiger partial charge is 0 e. The molecule has 0 aliphatic heterocycles. The van der Waals surface area contributed by atoms with Crippen molar-refractivity contribution in [3.63, 3.8) is 0 Å². The molecule has 0 heterocycles. The smallest absolute Gasteiger partial charge is 0 e. The van der Waals surface area contributed by atoms with Gasteiger partial charge in [0.25, 0.3) is 0 Å². The van der Waals surface area contributed by atoms with Crippen LogP contribution in [0.5, 0.6) is 5.75 Å². The summed E-state index contributed by atoms with van der Waals surface area (Å²) < 4.78 is 49.3. The van der Waals surface area contributed by atoms with Crippen LogP contribution in [0.4, 0.5) is 0 Å². The molecule has 1 rings (SSSR count). The van der Waals surface area contributed by atoms with Crippen LogP contribution in [0.2, 0.25) is 0 Å². The Bertz CT molecular complexity index is 463. The average Bonchev–Trinajstić information content (AvgIpc) is 2.60. The molecule has 22 heavy (non-hydrogen) atoms. The van der Waals surface area contributed by atoms with Crippen LogP contribution in [0.3, 0.4) is 0 Å². The van der Waals surface area contributed by atoms with Crippen LogP contribution >= 0.6 is 7.60 Å². The van der Waals surface area contributed by atoms with Gasteiger partial charge in [0.1, 0.15) is 5.75 Å². The molecule has 9 heteroatoms. The maximum absolute atomic E-state index is 11.9. The van der Waals surface area contributed by atoms with Gasteiger partial charge in [-0.15, -0.1) is 0 Å². The van der Waals surface area contributed by atoms with Crippen LogP contribution in [0.25, 0.3) is 0 Å². The number of benzene rings is 1. The van der Waals surface area contributed by atoms with Gasteiger partial charge >= 0.3 is 41.5 Å². The van der Waals surface area contributed by atoms with Crippen molar-refractivity contribution in [3.8, 4) is 5.75 Å². The van der Waals surface area contributed by atoms with Crippen molar-refractivity contribution in [3.05, 3.63) is 49.8 Å². The van der Waals surface area contributed by atoms with E-state index in [9.17, 15) is 4.57 Å². The summed E-state index contributed by atoms with van der Waals surface area (Å²) >= 11 is 0. The molecule has 0 amide bonds. The van der Waals surface area contributed by atoms with Crippen molar-refractivity contribution >= 4 is 7.60 Å². The Hall–Kier alpha value is -1.08. The number of hydrogen-bond acceptors (Lipinski definition) is 4. The first-order chi connectivity index (χ1) is 10.1. The zero-order valence-corrected chi connectivity index (χ0v) is 14.4. The van der Waals surface area contributed by atoms with Crippen LogP contribution in [0, 0.1) is 20.0 Å². The van der Waals surface area contributed by atoms with E-state index in [1.807, 2.05) is 24.3 Å². The third-order valence-corrected chi connectivity index (χ3v) is 3.95. The van der Waals surface area contributed by atoms with Crippen molar-refractivity contribution in [2.24, 2.45) is 0 Å². The molecule has 0 N–H and O–H groups in total. The van der Waals surface area contributed by atoms with Crippen LogP contribution in [-0.2, 0) is 51.1 Å². The van der Waals surface area contributed by atoms with Crippen LogP contribution in [0.1, 0.15) is 5.56 Å². The first-order valence-electron chi connectivity index (χ1n) is 5.09. The van der Waals surface area contributed by atoms with E-state index in [0.717, 1.165) is 5.56 Å². The molecule has 0 aliphatic carbocycles. The standard InChI is InChI=1S/C10H15O4P.3CO.Cr/c1-12-10-7-5-4-6-9(10)8-15(11,13-2)14-3;3*1-2;/h4-7H,8H2,1-3H3;;;;. The minimum Gasteiger partial charge on any atom is 0 e. The molecular weight excluding hydrogens is 351 g/mol. The molecule has 0 fully saturated rings. The van der Waals surface area contributed by atoms with Gasteiger partial charge in [-0.05, 0) is 6.07 Å². The fraction of sp³-hybridized carbons (Fsp3) is 0.308. The molecular formula is C13H15CrO7P. The molecule has 0 saturated carbocycles. The van der Waals surface area contributed by atoms with Crippen LogP contribution in [0.15, 0.2) is 24.3 Å². The monoisotopic (exact) mass is 366 g/mol. The zero-order valence-electron chi connectivity index (χ0n) is 12.2. The van der Waals surface area contributed by atoms with Crippen molar-refractivity contribution in [2.45, 2.75) is 6.16 Å². The quantitative estimate of drug-likeness (QED) is 0.454. The zero-order chi connectivity index (χ0) is 17.3. The molecule has 1 aromatic carbocycles. The SMILES string of the molecule is COc1ccccc1CP(=O)(OC)OC.[C-]#[O+].[C-]#[O+].[C-]#[O+].[Cr]. The normalized spacial score (nSPS) is 8.05. The third kappa shape index (κ3) is 11.6. The molecule has 0 radical (unpaired) electrons. The predicted octanol–water partition coefficient (Wildman–Crippen LogP) is 2.57. The summed E-state index contributed by atoms with van der Waals surface area (Å²) in [6.07, 6.45) is 0.212. The van der Waals surface area contributed by atoms with Gasteiger partial charge in [0.05, 0.1) is 13.3 Å². The van der Waals surface area contributed by atoms with Gasteiger partial charge in [0.2, 0.25) is 0 Å². The molecule has 1 aromatic rings. The minimum absolute atomic E-state index is 0. The Balaban J connectivity index is -0.000000206. The fourth-order valence-corrected chi connectivity index (χ4v) is 2.33. The Morgan fingerprint density at radius 2 is 1.36 bits per heavy atom. The summed E-state index contributed by atoms with van der Waals surface area (Å²) in [5.41, 5.74) is 0.812. The van der Waals surface area contributed by atoms with E-state index in [2.05, 4.69) is 20.0 Å². The second kappa shape index (κ2) is 19.9. The molecule has 120 valence electrons. The maximum Gasteiger partial charge on any atom is 0 e. The Labute approximate surface area is 140 Å². The van der Waals surface area contributed by atoms with E-state index >= 15 is 0 Å². The van der Waals surface area contributed by atoms with Crippen LogP contribution < -0.4 is 4.74 Å². The maximum atomic E-state index is 11.9. The molecule has 0 unspecified atom stereocenters. The first-order valence-corrected chi connectivity index (χ1v) is 6.81. The Kier molecular flexibility index (Phi) is 26.3. The molecule has 0 atom stereocenters. The molecule has 0 spiro atoms. The molecule has 0 saturated heterocycles. The van der Waals surface area contributed by atoms with Gasteiger partial charge < -0.3 is 13.8 Å². The number of para-hydroxylation sites is 1. The van der Waals surface area contributed by atoms with Gasteiger partial charge in [-0.25, -0.2) is 0 Å². The second-order valence-electron chi connectivity index (χ2n) is 2.95. The third-order valence-electron chi connectivity index (χ3n) is 2.11. The van der Waals surface area contributed by atoms with E-state index in [0.29, 0.717) is 5.75 Å². The van der Waals surface area contributed by atoms with E-state index in [1.165, 1.54) is 14.2 Å². The summed E-state index contributed by atoms with van der Waals surface area (Å²) in [5.74, 6) is 0.687. The van der Waals surface area contributed by atoms with Gasteiger partial charge in [0, 0.05) is 37.1 Å². The summed E-state index contributed by atoms with van der Waals surface area (Å²) in [6, 6.07) is 7.36. The number of hydrogen-bond donors (Lipinski definition) is 0. The minimum atomic E-state index is -3.02. The average molecular weight is 366 g/mol. The van der Waals surface area contributed by atoms with E-state index in [4.69, 9.17) is 27.7 Å². The van der Waals surface area contributed by atoms with Gasteiger partial charge in [-0.3, -0.25) is 4.57 Å². The first kappa shape index (κ1) is 29.0.